The number of hydrogen-bond acceptors (Lipinski definition) is 7. The van der Waals surface area contributed by atoms with Crippen LogP contribution in [0.15, 0.2) is 66.7 Å². The SMILES string of the molecule is COc1cc(OC)nc(OC(C)(C(=O)O)C(OC)(c2ccccc2)c2ccccc2)n1. The lowest BCUT2D eigenvalue weighted by molar-refractivity contribution is -0.183. The van der Waals surface area contributed by atoms with Crippen molar-refractivity contribution in [1.29, 1.82) is 0 Å². The molecular weight excluding hydrogens is 400 g/mol. The normalized spacial score (nSPS) is 13.2. The quantitative estimate of drug-likeness (QED) is 0.559. The minimum Gasteiger partial charge on any atom is -0.481 e. The highest BCUT2D eigenvalue weighted by Crippen LogP contribution is 2.45. The Hall–Kier alpha value is -3.65. The number of carbonyl (C=O) groups is 1. The zero-order valence-corrected chi connectivity index (χ0v) is 17.7. The Kier molecular flexibility index (Phi) is 6.41. The third-order valence-electron chi connectivity index (χ3n) is 5.12. The molecule has 0 radical (unpaired) electrons. The molecule has 0 amide bonds. The molecule has 0 aliphatic rings. The molecule has 3 rings (SSSR count). The van der Waals surface area contributed by atoms with Crippen LogP contribution < -0.4 is 14.2 Å². The van der Waals surface area contributed by atoms with E-state index in [2.05, 4.69) is 9.97 Å². The first-order chi connectivity index (χ1) is 14.9. The highest BCUT2D eigenvalue weighted by atomic mass is 16.6. The lowest BCUT2D eigenvalue weighted by Gasteiger charge is -2.44. The second kappa shape index (κ2) is 9.01. The van der Waals surface area contributed by atoms with Gasteiger partial charge < -0.3 is 24.1 Å². The van der Waals surface area contributed by atoms with Crippen molar-refractivity contribution in [2.24, 2.45) is 0 Å². The van der Waals surface area contributed by atoms with Crippen LogP contribution in [0.3, 0.4) is 0 Å². The molecule has 1 aromatic heterocycles. The van der Waals surface area contributed by atoms with Gasteiger partial charge in [0.05, 0.1) is 20.3 Å². The minimum absolute atomic E-state index is 0.164. The summed E-state index contributed by atoms with van der Waals surface area (Å²) in [4.78, 5) is 21.1. The van der Waals surface area contributed by atoms with Crippen LogP contribution in [-0.2, 0) is 15.1 Å². The van der Waals surface area contributed by atoms with E-state index in [1.165, 1.54) is 34.3 Å². The molecule has 31 heavy (non-hydrogen) atoms. The van der Waals surface area contributed by atoms with Crippen molar-refractivity contribution in [2.75, 3.05) is 21.3 Å². The molecular formula is C23H24N2O6. The maximum absolute atomic E-state index is 12.8. The van der Waals surface area contributed by atoms with E-state index in [1.54, 1.807) is 48.5 Å². The number of carboxylic acids is 1. The first-order valence-corrected chi connectivity index (χ1v) is 9.47. The van der Waals surface area contributed by atoms with Gasteiger partial charge in [-0.3, -0.25) is 0 Å². The molecule has 0 saturated heterocycles. The molecule has 1 N–H and O–H groups in total. The number of nitrogens with zero attached hydrogens (tertiary/aromatic N) is 2. The number of rotatable bonds is 9. The standard InChI is InChI=1S/C23H24N2O6/c1-22(20(26)27,31-21-24-18(28-2)15-19(25-21)29-3)23(30-4,16-11-7-5-8-12-16)17-13-9-6-10-14-17/h5-15H,1-4H3,(H,26,27). The van der Waals surface area contributed by atoms with Crippen molar-refractivity contribution in [3.63, 3.8) is 0 Å². The van der Waals surface area contributed by atoms with E-state index in [1.807, 2.05) is 12.1 Å². The van der Waals surface area contributed by atoms with Crippen LogP contribution >= 0.6 is 0 Å². The summed E-state index contributed by atoms with van der Waals surface area (Å²) in [5.41, 5.74) is -2.35. The Morgan fingerprint density at radius 1 is 0.839 bits per heavy atom. The Morgan fingerprint density at radius 2 is 1.29 bits per heavy atom. The maximum atomic E-state index is 12.8. The minimum atomic E-state index is -1.98. The lowest BCUT2D eigenvalue weighted by Crippen LogP contribution is -2.60. The fourth-order valence-corrected chi connectivity index (χ4v) is 3.58. The molecule has 0 saturated carbocycles. The molecule has 1 heterocycles. The second-order valence-electron chi connectivity index (χ2n) is 6.79. The molecule has 0 aliphatic carbocycles. The number of aliphatic carboxylic acids is 1. The Balaban J connectivity index is 2.27. The molecule has 8 heteroatoms. The molecule has 1 unspecified atom stereocenters. The van der Waals surface area contributed by atoms with Crippen molar-refractivity contribution in [2.45, 2.75) is 18.1 Å². The fourth-order valence-electron chi connectivity index (χ4n) is 3.58. The van der Waals surface area contributed by atoms with E-state index in [9.17, 15) is 9.90 Å². The number of methoxy groups -OCH3 is 3. The maximum Gasteiger partial charge on any atom is 0.351 e. The third kappa shape index (κ3) is 3.89. The van der Waals surface area contributed by atoms with Crippen molar-refractivity contribution in [3.8, 4) is 17.8 Å². The Morgan fingerprint density at radius 3 is 1.65 bits per heavy atom. The van der Waals surface area contributed by atoms with Crippen molar-refractivity contribution >= 4 is 5.97 Å². The first kappa shape index (κ1) is 22.0. The van der Waals surface area contributed by atoms with Gasteiger partial charge in [0.2, 0.25) is 17.4 Å². The summed E-state index contributed by atoms with van der Waals surface area (Å²) in [6.07, 6.45) is 0. The predicted molar refractivity (Wildman–Crippen MR) is 112 cm³/mol. The van der Waals surface area contributed by atoms with Crippen molar-refractivity contribution in [3.05, 3.63) is 77.9 Å². The van der Waals surface area contributed by atoms with E-state index in [0.717, 1.165) is 0 Å². The molecule has 2 aromatic carbocycles. The van der Waals surface area contributed by atoms with Gasteiger partial charge in [-0.15, -0.1) is 0 Å². The smallest absolute Gasteiger partial charge is 0.351 e. The van der Waals surface area contributed by atoms with Gasteiger partial charge in [0.25, 0.3) is 0 Å². The number of carboxylic acid groups (broad SMARTS) is 1. The van der Waals surface area contributed by atoms with Crippen LogP contribution in [0, 0.1) is 0 Å². The summed E-state index contributed by atoms with van der Waals surface area (Å²) >= 11 is 0. The third-order valence-corrected chi connectivity index (χ3v) is 5.12. The van der Waals surface area contributed by atoms with Gasteiger partial charge in [0.15, 0.2) is 5.60 Å². The first-order valence-electron chi connectivity index (χ1n) is 9.47. The molecule has 0 aliphatic heterocycles. The summed E-state index contributed by atoms with van der Waals surface area (Å²) in [6.45, 7) is 1.42. The van der Waals surface area contributed by atoms with Crippen LogP contribution in [0.5, 0.6) is 17.8 Å². The molecule has 0 bridgehead atoms. The van der Waals surface area contributed by atoms with Crippen LogP contribution in [-0.4, -0.2) is 48.0 Å². The van der Waals surface area contributed by atoms with Crippen molar-refractivity contribution < 1.29 is 28.8 Å². The number of ether oxygens (including phenoxy) is 4. The predicted octanol–water partition coefficient (Wildman–Crippen LogP) is 3.31. The van der Waals surface area contributed by atoms with E-state index in [4.69, 9.17) is 18.9 Å². The zero-order chi connectivity index (χ0) is 22.5. The molecule has 8 nitrogen and oxygen atoms in total. The summed E-state index contributed by atoms with van der Waals surface area (Å²) in [5.74, 6) is -0.943. The molecule has 0 spiro atoms. The number of aromatic nitrogens is 2. The van der Waals surface area contributed by atoms with E-state index in [0.29, 0.717) is 11.1 Å². The number of benzene rings is 2. The van der Waals surface area contributed by atoms with Crippen LogP contribution in [0.1, 0.15) is 18.1 Å². The van der Waals surface area contributed by atoms with Crippen LogP contribution in [0.25, 0.3) is 0 Å². The topological polar surface area (TPSA) is 100 Å². The van der Waals surface area contributed by atoms with Crippen molar-refractivity contribution in [1.82, 2.24) is 9.97 Å². The van der Waals surface area contributed by atoms with Gasteiger partial charge in [-0.05, 0) is 18.1 Å². The van der Waals surface area contributed by atoms with Gasteiger partial charge in [-0.25, -0.2) is 4.79 Å². The van der Waals surface area contributed by atoms with Crippen LogP contribution in [0.4, 0.5) is 0 Å². The van der Waals surface area contributed by atoms with Crippen LogP contribution in [0.2, 0.25) is 0 Å². The zero-order valence-electron chi connectivity index (χ0n) is 17.7. The molecule has 3 aromatic rings. The van der Waals surface area contributed by atoms with Gasteiger partial charge in [-0.2, -0.15) is 9.97 Å². The highest BCUT2D eigenvalue weighted by molar-refractivity contribution is 5.81. The molecule has 0 fully saturated rings. The average molecular weight is 424 g/mol. The fraction of sp³-hybridized carbons (Fsp3) is 0.261. The van der Waals surface area contributed by atoms with Gasteiger partial charge >= 0.3 is 12.0 Å². The van der Waals surface area contributed by atoms with E-state index in [-0.39, 0.29) is 17.8 Å². The van der Waals surface area contributed by atoms with Gasteiger partial charge in [0.1, 0.15) is 0 Å². The van der Waals surface area contributed by atoms with Gasteiger partial charge in [-0.1, -0.05) is 60.7 Å². The van der Waals surface area contributed by atoms with Gasteiger partial charge in [0, 0.05) is 7.11 Å². The Bertz CT molecular complexity index is 967. The summed E-state index contributed by atoms with van der Waals surface area (Å²) in [6, 6.07) is 19.3. The summed E-state index contributed by atoms with van der Waals surface area (Å²) in [7, 11) is 4.29. The Labute approximate surface area is 180 Å². The molecule has 1 atom stereocenters. The monoisotopic (exact) mass is 424 g/mol. The van der Waals surface area contributed by atoms with E-state index >= 15 is 0 Å². The largest absolute Gasteiger partial charge is 0.481 e. The molecule has 162 valence electrons. The van der Waals surface area contributed by atoms with E-state index < -0.39 is 17.2 Å². The number of hydrogen-bond donors (Lipinski definition) is 1. The summed E-state index contributed by atoms with van der Waals surface area (Å²) in [5, 5.41) is 10.4. The average Bonchev–Trinajstić information content (AvgIpc) is 2.81. The summed E-state index contributed by atoms with van der Waals surface area (Å²) < 4.78 is 22.3. The highest BCUT2D eigenvalue weighted by Gasteiger charge is 2.59. The second-order valence-corrected chi connectivity index (χ2v) is 6.79. The lowest BCUT2D eigenvalue weighted by atomic mass is 9.73.